The van der Waals surface area contributed by atoms with Crippen molar-refractivity contribution in [2.24, 2.45) is 0 Å². The summed E-state index contributed by atoms with van der Waals surface area (Å²) in [6, 6.07) is 9.57. The van der Waals surface area contributed by atoms with E-state index in [2.05, 4.69) is 0 Å². The molecular formula is C16H20O3. The van der Waals surface area contributed by atoms with Gasteiger partial charge in [-0.25, -0.2) is 4.79 Å². The standard InChI is InChI=1S/C16H20O3/c1-2-19-15(17)14(16(18)10-6-7-11-16)12-13-8-4-3-5-9-13/h3-5,8-9,12,18H,2,6-7,10-11H2,1H3/b14-12+. The van der Waals surface area contributed by atoms with Crippen LogP contribution in [0.1, 0.15) is 38.2 Å². The molecule has 0 radical (unpaired) electrons. The largest absolute Gasteiger partial charge is 0.463 e. The predicted molar refractivity (Wildman–Crippen MR) is 74.5 cm³/mol. The summed E-state index contributed by atoms with van der Waals surface area (Å²) in [5.41, 5.74) is 0.270. The first-order valence-electron chi connectivity index (χ1n) is 6.82. The number of carbonyl (C=O) groups is 1. The van der Waals surface area contributed by atoms with E-state index in [0.717, 1.165) is 18.4 Å². The van der Waals surface area contributed by atoms with E-state index in [-0.39, 0.29) is 0 Å². The molecule has 0 unspecified atom stereocenters. The van der Waals surface area contributed by atoms with Crippen LogP contribution in [0, 0.1) is 0 Å². The second-order valence-electron chi connectivity index (χ2n) is 4.93. The molecule has 1 fully saturated rings. The maximum Gasteiger partial charge on any atom is 0.336 e. The van der Waals surface area contributed by atoms with Gasteiger partial charge in [0.15, 0.2) is 0 Å². The lowest BCUT2D eigenvalue weighted by Gasteiger charge is -2.24. The smallest absolute Gasteiger partial charge is 0.336 e. The lowest BCUT2D eigenvalue weighted by atomic mass is 9.90. The van der Waals surface area contributed by atoms with E-state index in [4.69, 9.17) is 4.74 Å². The van der Waals surface area contributed by atoms with Crippen molar-refractivity contribution >= 4 is 12.0 Å². The van der Waals surface area contributed by atoms with Crippen LogP contribution in [0.3, 0.4) is 0 Å². The van der Waals surface area contributed by atoms with Gasteiger partial charge in [0.05, 0.1) is 17.8 Å². The minimum Gasteiger partial charge on any atom is -0.463 e. The first-order valence-corrected chi connectivity index (χ1v) is 6.82. The van der Waals surface area contributed by atoms with Crippen molar-refractivity contribution in [3.63, 3.8) is 0 Å². The third-order valence-corrected chi connectivity index (χ3v) is 3.54. The van der Waals surface area contributed by atoms with Gasteiger partial charge in [0.1, 0.15) is 0 Å². The highest BCUT2D eigenvalue weighted by Crippen LogP contribution is 2.37. The van der Waals surface area contributed by atoms with Gasteiger partial charge in [-0.15, -0.1) is 0 Å². The number of carbonyl (C=O) groups excluding carboxylic acids is 1. The van der Waals surface area contributed by atoms with E-state index in [1.807, 2.05) is 30.3 Å². The summed E-state index contributed by atoms with van der Waals surface area (Å²) in [5.74, 6) is -0.407. The van der Waals surface area contributed by atoms with Crippen molar-refractivity contribution in [2.75, 3.05) is 6.61 Å². The zero-order valence-corrected chi connectivity index (χ0v) is 11.3. The molecule has 1 aromatic carbocycles. The highest BCUT2D eigenvalue weighted by molar-refractivity contribution is 5.96. The van der Waals surface area contributed by atoms with E-state index in [0.29, 0.717) is 25.0 Å². The van der Waals surface area contributed by atoms with Crippen LogP contribution in [-0.2, 0) is 9.53 Å². The number of esters is 1. The molecule has 0 heterocycles. The SMILES string of the molecule is CCOC(=O)/C(=C\c1ccccc1)C1(O)CCCC1. The molecule has 0 amide bonds. The topological polar surface area (TPSA) is 46.5 Å². The van der Waals surface area contributed by atoms with E-state index in [9.17, 15) is 9.90 Å². The summed E-state index contributed by atoms with van der Waals surface area (Å²) in [7, 11) is 0. The molecule has 3 nitrogen and oxygen atoms in total. The average Bonchev–Trinajstić information content (AvgIpc) is 2.85. The van der Waals surface area contributed by atoms with Gasteiger partial charge >= 0.3 is 5.97 Å². The Morgan fingerprint density at radius 1 is 1.32 bits per heavy atom. The molecule has 3 heteroatoms. The van der Waals surface area contributed by atoms with Crippen molar-refractivity contribution in [2.45, 2.75) is 38.2 Å². The molecule has 1 N–H and O–H groups in total. The van der Waals surface area contributed by atoms with Crippen molar-refractivity contribution in [3.05, 3.63) is 41.5 Å². The van der Waals surface area contributed by atoms with Crippen molar-refractivity contribution in [1.82, 2.24) is 0 Å². The van der Waals surface area contributed by atoms with Crippen LogP contribution in [0.25, 0.3) is 6.08 Å². The van der Waals surface area contributed by atoms with Gasteiger partial charge in [-0.05, 0) is 31.4 Å². The third-order valence-electron chi connectivity index (χ3n) is 3.54. The minimum atomic E-state index is -1.03. The quantitative estimate of drug-likeness (QED) is 0.669. The Morgan fingerprint density at radius 2 is 1.95 bits per heavy atom. The van der Waals surface area contributed by atoms with Crippen LogP contribution in [0.2, 0.25) is 0 Å². The fourth-order valence-corrected chi connectivity index (χ4v) is 2.54. The summed E-state index contributed by atoms with van der Waals surface area (Å²) >= 11 is 0. The van der Waals surface area contributed by atoms with Crippen LogP contribution in [0.5, 0.6) is 0 Å². The first kappa shape index (κ1) is 13.8. The highest BCUT2D eigenvalue weighted by atomic mass is 16.5. The lowest BCUT2D eigenvalue weighted by Crippen LogP contribution is -2.32. The Bertz CT molecular complexity index is 456. The maximum absolute atomic E-state index is 12.1. The molecule has 0 aliphatic heterocycles. The maximum atomic E-state index is 12.1. The molecule has 102 valence electrons. The monoisotopic (exact) mass is 260 g/mol. The number of ether oxygens (including phenoxy) is 1. The third kappa shape index (κ3) is 3.24. The highest BCUT2D eigenvalue weighted by Gasteiger charge is 2.39. The Morgan fingerprint density at radius 3 is 2.53 bits per heavy atom. The second kappa shape index (κ2) is 6.02. The molecule has 0 atom stereocenters. The molecule has 0 saturated heterocycles. The van der Waals surface area contributed by atoms with Gasteiger partial charge in [0.2, 0.25) is 0 Å². The molecule has 0 bridgehead atoms. The van der Waals surface area contributed by atoms with Crippen molar-refractivity contribution < 1.29 is 14.6 Å². The fraction of sp³-hybridized carbons (Fsp3) is 0.438. The van der Waals surface area contributed by atoms with Crippen molar-refractivity contribution in [3.8, 4) is 0 Å². The van der Waals surface area contributed by atoms with Gasteiger partial charge in [-0.2, -0.15) is 0 Å². The summed E-state index contributed by atoms with van der Waals surface area (Å²) in [5, 5.41) is 10.6. The van der Waals surface area contributed by atoms with Crippen LogP contribution in [0.4, 0.5) is 0 Å². The molecular weight excluding hydrogens is 240 g/mol. The Hall–Kier alpha value is -1.61. The Kier molecular flexibility index (Phi) is 4.38. The number of benzene rings is 1. The van der Waals surface area contributed by atoms with E-state index in [1.165, 1.54) is 0 Å². The predicted octanol–water partition coefficient (Wildman–Crippen LogP) is 2.94. The van der Waals surface area contributed by atoms with Gasteiger partial charge in [-0.1, -0.05) is 43.2 Å². The fourth-order valence-electron chi connectivity index (χ4n) is 2.54. The van der Waals surface area contributed by atoms with Gasteiger partial charge in [0, 0.05) is 0 Å². The Balaban J connectivity index is 2.34. The number of hydrogen-bond acceptors (Lipinski definition) is 3. The number of hydrogen-bond donors (Lipinski definition) is 1. The minimum absolute atomic E-state index is 0.320. The number of aliphatic hydroxyl groups is 1. The zero-order chi connectivity index (χ0) is 13.7. The summed E-state index contributed by atoms with van der Waals surface area (Å²) in [6.07, 6.45) is 4.91. The van der Waals surface area contributed by atoms with Crippen LogP contribution >= 0.6 is 0 Å². The van der Waals surface area contributed by atoms with E-state index < -0.39 is 11.6 Å². The Labute approximate surface area is 113 Å². The molecule has 0 aromatic heterocycles. The molecule has 1 saturated carbocycles. The first-order chi connectivity index (χ1) is 9.15. The second-order valence-corrected chi connectivity index (χ2v) is 4.93. The molecule has 1 aromatic rings. The molecule has 2 rings (SSSR count). The normalized spacial score (nSPS) is 18.3. The van der Waals surface area contributed by atoms with Crippen molar-refractivity contribution in [1.29, 1.82) is 0 Å². The van der Waals surface area contributed by atoms with Gasteiger partial charge < -0.3 is 9.84 Å². The summed E-state index contributed by atoms with van der Waals surface area (Å²) < 4.78 is 5.09. The van der Waals surface area contributed by atoms with E-state index in [1.54, 1.807) is 13.0 Å². The van der Waals surface area contributed by atoms with Crippen LogP contribution in [-0.4, -0.2) is 23.3 Å². The molecule has 1 aliphatic carbocycles. The zero-order valence-electron chi connectivity index (χ0n) is 11.3. The average molecular weight is 260 g/mol. The van der Waals surface area contributed by atoms with Crippen LogP contribution in [0.15, 0.2) is 35.9 Å². The van der Waals surface area contributed by atoms with Gasteiger partial charge in [-0.3, -0.25) is 0 Å². The molecule has 19 heavy (non-hydrogen) atoms. The molecule has 1 aliphatic rings. The van der Waals surface area contributed by atoms with Gasteiger partial charge in [0.25, 0.3) is 0 Å². The van der Waals surface area contributed by atoms with Crippen LogP contribution < -0.4 is 0 Å². The molecule has 0 spiro atoms. The number of rotatable bonds is 4. The summed E-state index contributed by atoms with van der Waals surface area (Å²) in [6.45, 7) is 2.10. The van der Waals surface area contributed by atoms with E-state index >= 15 is 0 Å². The lowest BCUT2D eigenvalue weighted by molar-refractivity contribution is -0.140. The summed E-state index contributed by atoms with van der Waals surface area (Å²) in [4.78, 5) is 12.1.